The Morgan fingerprint density at radius 1 is 0.314 bits per heavy atom. The van der Waals surface area contributed by atoms with Gasteiger partial charge in [0.2, 0.25) is 0 Å². The van der Waals surface area contributed by atoms with Crippen LogP contribution in [0, 0.1) is 0 Å². The second-order valence-electron chi connectivity index (χ2n) is 24.6. The third-order valence-electron chi connectivity index (χ3n) is 19.1. The molecule has 8 aromatic rings. The first-order valence-electron chi connectivity index (χ1n) is 32.0. The van der Waals surface area contributed by atoms with Crippen LogP contribution in [-0.2, 0) is 0 Å². The van der Waals surface area contributed by atoms with E-state index in [4.69, 9.17) is 18.9 Å². The first kappa shape index (κ1) is 56.6. The van der Waals surface area contributed by atoms with E-state index in [0.29, 0.717) is 80.9 Å². The number of fused-ring (bicyclic) bond motifs is 2. The van der Waals surface area contributed by atoms with Crippen molar-refractivity contribution in [3.8, 4) is 34.5 Å². The van der Waals surface area contributed by atoms with E-state index in [1.807, 2.05) is 60.7 Å². The lowest BCUT2D eigenvalue weighted by Gasteiger charge is -2.30. The van der Waals surface area contributed by atoms with Crippen molar-refractivity contribution in [1.29, 1.82) is 0 Å². The molecule has 5 aliphatic rings. The maximum Gasteiger partial charge on any atom is 0.199 e. The fourth-order valence-electron chi connectivity index (χ4n) is 14.4. The molecule has 4 fully saturated rings. The number of hydrogen-bond acceptors (Lipinski definition) is 10. The first-order valence-corrected chi connectivity index (χ1v) is 32.0. The number of carbonyl (C=O) groups is 2. The van der Waals surface area contributed by atoms with E-state index >= 15 is 9.59 Å². The van der Waals surface area contributed by atoms with Crippen LogP contribution < -0.4 is 40.2 Å². The summed E-state index contributed by atoms with van der Waals surface area (Å²) in [5, 5.41) is 14.8. The number of ether oxygens (including phenoxy) is 4. The lowest BCUT2D eigenvalue weighted by atomic mass is 9.79. The molecular weight excluding hydrogens is 1060 g/mol. The van der Waals surface area contributed by atoms with Gasteiger partial charge in [0.1, 0.15) is 23.0 Å². The average molecular weight is 1150 g/mol. The van der Waals surface area contributed by atoms with Gasteiger partial charge in [0.05, 0.1) is 59.2 Å². The lowest BCUT2D eigenvalue weighted by molar-refractivity contribution is 0.0981. The van der Waals surface area contributed by atoms with Gasteiger partial charge in [-0.1, -0.05) is 138 Å². The molecule has 86 heavy (non-hydrogen) atoms. The van der Waals surface area contributed by atoms with Crippen LogP contribution in [0.5, 0.6) is 34.5 Å². The van der Waals surface area contributed by atoms with Crippen molar-refractivity contribution in [3.05, 3.63) is 202 Å². The molecule has 10 nitrogen and oxygen atoms in total. The molecule has 440 valence electrons. The zero-order valence-corrected chi connectivity index (χ0v) is 49.9. The van der Waals surface area contributed by atoms with E-state index in [9.17, 15) is 0 Å². The summed E-state index contributed by atoms with van der Waals surface area (Å²) in [7, 11) is 3.26. The Balaban J connectivity index is 1.01. The number of hydrogen-bond donors (Lipinski definition) is 4. The zero-order chi connectivity index (χ0) is 58.3. The number of benzene rings is 8. The van der Waals surface area contributed by atoms with E-state index in [1.54, 1.807) is 14.2 Å². The van der Waals surface area contributed by atoms with Crippen LogP contribution in [-0.4, -0.2) is 25.8 Å². The highest BCUT2D eigenvalue weighted by Crippen LogP contribution is 2.52. The molecule has 0 atom stereocenters. The highest BCUT2D eigenvalue weighted by Gasteiger charge is 2.41. The van der Waals surface area contributed by atoms with Crippen molar-refractivity contribution in [1.82, 2.24) is 0 Å². The topological polar surface area (TPSA) is 119 Å². The minimum absolute atomic E-state index is 0.181. The third-order valence-corrected chi connectivity index (χ3v) is 19.1. The van der Waals surface area contributed by atoms with Crippen molar-refractivity contribution in [2.24, 2.45) is 0 Å². The Morgan fingerprint density at radius 2 is 0.593 bits per heavy atom. The SMILES string of the molecule is COc1cccc(Oc2cc(Nc3ccc(C4CCCCC4)cc3)c3c(c2Nc2ccc(C4CCCCC4)cc2)C(=O)c2c(Nc4ccc(C5CCCCC5)cc4)cc(Oc4cccc(OC)c4)c(Nc4ccc(C5CCCCC5)cc4)c2C3=O)c1. The monoisotopic (exact) mass is 1140 g/mol. The molecule has 0 aromatic heterocycles. The van der Waals surface area contributed by atoms with Gasteiger partial charge in [-0.3, -0.25) is 9.59 Å². The maximum atomic E-state index is 16.9. The van der Waals surface area contributed by atoms with Gasteiger partial charge in [0, 0.05) is 47.0 Å². The standard InChI is InChI=1S/C76H80N4O6/c1-83-61-25-15-27-63(45-61)85-67-47-65(77-57-37-29-53(30-38-57)49-17-7-3-8-18-49)69-71(73(67)79-59-41-33-55(34-42-59)51-21-11-5-12-22-51)75(81)70-66(78-58-39-31-54(32-40-58)50-19-9-4-10-20-50)48-68(86-64-28-16-26-62(46-64)84-2)74(72(70)76(69)82)80-60-43-35-56(36-44-60)52-23-13-6-14-24-52/h15-16,25-52,77-80H,3-14,17-24H2,1-2H3. The molecule has 0 heterocycles. The minimum Gasteiger partial charge on any atom is -0.497 e. The van der Waals surface area contributed by atoms with Crippen molar-refractivity contribution < 1.29 is 28.5 Å². The van der Waals surface area contributed by atoms with Crippen LogP contribution in [0.1, 0.15) is 206 Å². The summed E-state index contributed by atoms with van der Waals surface area (Å²) in [6, 6.07) is 53.0. The van der Waals surface area contributed by atoms with Gasteiger partial charge in [-0.2, -0.15) is 0 Å². The van der Waals surface area contributed by atoms with Crippen molar-refractivity contribution in [2.45, 2.75) is 152 Å². The van der Waals surface area contributed by atoms with Gasteiger partial charge < -0.3 is 40.2 Å². The van der Waals surface area contributed by atoms with Crippen molar-refractivity contribution in [3.63, 3.8) is 0 Å². The molecule has 10 heteroatoms. The van der Waals surface area contributed by atoms with E-state index < -0.39 is 0 Å². The molecule has 0 radical (unpaired) electrons. The molecule has 4 N–H and O–H groups in total. The summed E-state index contributed by atoms with van der Waals surface area (Å²) >= 11 is 0. The number of rotatable bonds is 18. The molecule has 0 saturated heterocycles. The maximum absolute atomic E-state index is 16.9. The molecular formula is C76H80N4O6. The fourth-order valence-corrected chi connectivity index (χ4v) is 14.4. The smallest absolute Gasteiger partial charge is 0.199 e. The second-order valence-corrected chi connectivity index (χ2v) is 24.6. The average Bonchev–Trinajstić information content (AvgIpc) is 0.787. The fraction of sp³-hybridized carbons (Fsp3) is 0.342. The van der Waals surface area contributed by atoms with Crippen LogP contribution >= 0.6 is 0 Å². The molecule has 0 spiro atoms. The number of carbonyl (C=O) groups excluding carboxylic acids is 2. The second kappa shape index (κ2) is 26.0. The predicted molar refractivity (Wildman–Crippen MR) is 348 cm³/mol. The number of methoxy groups -OCH3 is 2. The molecule has 5 aliphatic carbocycles. The van der Waals surface area contributed by atoms with Gasteiger partial charge in [0.25, 0.3) is 0 Å². The highest BCUT2D eigenvalue weighted by molar-refractivity contribution is 6.36. The van der Waals surface area contributed by atoms with Gasteiger partial charge >= 0.3 is 0 Å². The van der Waals surface area contributed by atoms with Crippen LogP contribution in [0.15, 0.2) is 158 Å². The van der Waals surface area contributed by atoms with E-state index in [-0.39, 0.29) is 33.8 Å². The summed E-state index contributed by atoms with van der Waals surface area (Å²) in [5.41, 5.74) is 10.6. The summed E-state index contributed by atoms with van der Waals surface area (Å²) in [6.45, 7) is 0. The summed E-state index contributed by atoms with van der Waals surface area (Å²) in [6.07, 6.45) is 24.3. The summed E-state index contributed by atoms with van der Waals surface area (Å²) < 4.78 is 25.4. The van der Waals surface area contributed by atoms with Crippen molar-refractivity contribution >= 4 is 57.1 Å². The lowest BCUT2D eigenvalue weighted by Crippen LogP contribution is -2.26. The molecule has 0 unspecified atom stereocenters. The van der Waals surface area contributed by atoms with Gasteiger partial charge in [-0.15, -0.1) is 0 Å². The summed E-state index contributed by atoms with van der Waals surface area (Å²) in [4.78, 5) is 33.8. The van der Waals surface area contributed by atoms with Crippen LogP contribution in [0.3, 0.4) is 0 Å². The van der Waals surface area contributed by atoms with Crippen molar-refractivity contribution in [2.75, 3.05) is 35.5 Å². The van der Waals surface area contributed by atoms with Gasteiger partial charge in [-0.25, -0.2) is 0 Å². The Morgan fingerprint density at radius 3 is 0.884 bits per heavy atom. The Kier molecular flexibility index (Phi) is 17.1. The third kappa shape index (κ3) is 12.4. The van der Waals surface area contributed by atoms with Gasteiger partial charge in [-0.05, 0) is 170 Å². The van der Waals surface area contributed by atoms with E-state index in [0.717, 1.165) is 22.7 Å². The number of anilines is 8. The van der Waals surface area contributed by atoms with Crippen LogP contribution in [0.25, 0.3) is 0 Å². The van der Waals surface area contributed by atoms with Gasteiger partial charge in [0.15, 0.2) is 23.1 Å². The normalized spacial score (nSPS) is 16.8. The number of ketones is 2. The molecule has 0 amide bonds. The largest absolute Gasteiger partial charge is 0.497 e. The molecule has 8 aromatic carbocycles. The molecule has 0 aliphatic heterocycles. The quantitative estimate of drug-likeness (QED) is 0.0661. The van der Waals surface area contributed by atoms with E-state index in [2.05, 4.69) is 118 Å². The minimum atomic E-state index is -0.368. The first-order chi connectivity index (χ1) is 42.3. The van der Waals surface area contributed by atoms with E-state index in [1.165, 1.54) is 151 Å². The Bertz CT molecular complexity index is 3440. The molecule has 4 saturated carbocycles. The predicted octanol–water partition coefficient (Wildman–Crippen LogP) is 21.2. The molecule has 13 rings (SSSR count). The molecule has 0 bridgehead atoms. The van der Waals surface area contributed by atoms with Crippen LogP contribution in [0.2, 0.25) is 0 Å². The Labute approximate surface area is 507 Å². The Hall–Kier alpha value is -8.50. The van der Waals surface area contributed by atoms with Crippen LogP contribution in [0.4, 0.5) is 45.5 Å². The summed E-state index contributed by atoms with van der Waals surface area (Å²) in [5.74, 6) is 4.20. The number of nitrogens with one attached hydrogen (secondary N) is 4. The highest BCUT2D eigenvalue weighted by atomic mass is 16.5. The zero-order valence-electron chi connectivity index (χ0n) is 49.9.